The first kappa shape index (κ1) is 14.6. The van der Waals surface area contributed by atoms with Gasteiger partial charge in [0, 0.05) is 11.8 Å². The van der Waals surface area contributed by atoms with Gasteiger partial charge in [0.2, 0.25) is 11.8 Å². The van der Waals surface area contributed by atoms with Gasteiger partial charge in [-0.1, -0.05) is 12.1 Å². The molecule has 21 heavy (non-hydrogen) atoms. The third kappa shape index (κ3) is 2.85. The van der Waals surface area contributed by atoms with Crippen LogP contribution in [-0.2, 0) is 0 Å². The average Bonchev–Trinajstić information content (AvgIpc) is 2.97. The fourth-order valence-corrected chi connectivity index (χ4v) is 1.69. The molecule has 0 saturated heterocycles. The number of rotatable bonds is 2. The maximum Gasteiger partial charge on any atom is 0.240 e. The maximum atomic E-state index is 13.5. The lowest BCUT2D eigenvalue weighted by Gasteiger charge is -1.98. The Morgan fingerprint density at radius 1 is 1.19 bits per heavy atom. The largest absolute Gasteiger partial charge is 0.240 e. The van der Waals surface area contributed by atoms with E-state index < -0.39 is 5.95 Å². The number of pyridine rings is 1. The number of tetrazole rings is 1. The Bertz CT molecular complexity index is 810. The van der Waals surface area contributed by atoms with Gasteiger partial charge in [-0.05, 0) is 29.5 Å². The van der Waals surface area contributed by atoms with Gasteiger partial charge in [-0.25, -0.2) is 4.98 Å². The van der Waals surface area contributed by atoms with Crippen molar-refractivity contribution in [1.29, 1.82) is 5.26 Å². The summed E-state index contributed by atoms with van der Waals surface area (Å²) in [6.07, 6.45) is 1.34. The first-order valence-corrected chi connectivity index (χ1v) is 5.69. The SMILES string of the molecule is Cl.N#Cc1cccc(-c2nnn(-c3cccnc3F)n2)c1. The van der Waals surface area contributed by atoms with Crippen molar-refractivity contribution < 1.29 is 4.39 Å². The summed E-state index contributed by atoms with van der Waals surface area (Å²) >= 11 is 0. The molecule has 0 radical (unpaired) electrons. The lowest BCUT2D eigenvalue weighted by molar-refractivity contribution is 0.555. The molecule has 0 unspecified atom stereocenters. The summed E-state index contributed by atoms with van der Waals surface area (Å²) in [4.78, 5) is 4.59. The lowest BCUT2D eigenvalue weighted by Crippen LogP contribution is -2.03. The molecule has 3 aromatic rings. The molecule has 0 aliphatic heterocycles. The molecule has 0 bridgehead atoms. The molecule has 104 valence electrons. The molecule has 2 aromatic heterocycles. The summed E-state index contributed by atoms with van der Waals surface area (Å²) in [7, 11) is 0. The normalized spacial score (nSPS) is 9.71. The van der Waals surface area contributed by atoms with Crippen LogP contribution in [0.25, 0.3) is 17.1 Å². The molecule has 0 aliphatic carbocycles. The first-order chi connectivity index (χ1) is 9.78. The zero-order chi connectivity index (χ0) is 13.9. The number of benzene rings is 1. The van der Waals surface area contributed by atoms with E-state index in [9.17, 15) is 4.39 Å². The van der Waals surface area contributed by atoms with E-state index in [-0.39, 0.29) is 18.1 Å². The Balaban J connectivity index is 0.00000161. The summed E-state index contributed by atoms with van der Waals surface area (Å²) in [6.45, 7) is 0. The first-order valence-electron chi connectivity index (χ1n) is 5.69. The Kier molecular flexibility index (Phi) is 4.21. The Morgan fingerprint density at radius 2 is 2.05 bits per heavy atom. The molecular formula is C13H8ClFN6. The van der Waals surface area contributed by atoms with Crippen molar-refractivity contribution in [2.24, 2.45) is 0 Å². The Labute approximate surface area is 125 Å². The number of nitrogens with zero attached hydrogens (tertiary/aromatic N) is 6. The van der Waals surface area contributed by atoms with Crippen LogP contribution < -0.4 is 0 Å². The molecule has 0 atom stereocenters. The molecule has 0 spiro atoms. The van der Waals surface area contributed by atoms with Crippen LogP contribution in [0.4, 0.5) is 4.39 Å². The van der Waals surface area contributed by atoms with Crippen LogP contribution in [0, 0.1) is 17.3 Å². The topological polar surface area (TPSA) is 80.3 Å². The molecule has 0 fully saturated rings. The highest BCUT2D eigenvalue weighted by Crippen LogP contribution is 2.16. The van der Waals surface area contributed by atoms with Crippen molar-refractivity contribution in [3.05, 3.63) is 54.1 Å². The summed E-state index contributed by atoms with van der Waals surface area (Å²) in [6, 6.07) is 11.9. The lowest BCUT2D eigenvalue weighted by atomic mass is 10.1. The smallest absolute Gasteiger partial charge is 0.226 e. The highest BCUT2D eigenvalue weighted by Gasteiger charge is 2.11. The van der Waals surface area contributed by atoms with E-state index in [0.29, 0.717) is 17.0 Å². The molecule has 2 heterocycles. The van der Waals surface area contributed by atoms with Crippen molar-refractivity contribution in [3.8, 4) is 23.1 Å². The predicted octanol–water partition coefficient (Wildman–Crippen LogP) is 2.16. The van der Waals surface area contributed by atoms with Gasteiger partial charge in [-0.15, -0.1) is 27.4 Å². The van der Waals surface area contributed by atoms with Crippen LogP contribution in [0.3, 0.4) is 0 Å². The average molecular weight is 303 g/mol. The van der Waals surface area contributed by atoms with E-state index in [1.165, 1.54) is 12.3 Å². The van der Waals surface area contributed by atoms with Crippen LogP contribution >= 0.6 is 12.4 Å². The molecule has 3 rings (SSSR count). The Morgan fingerprint density at radius 3 is 2.81 bits per heavy atom. The molecule has 0 saturated carbocycles. The second-order valence-corrected chi connectivity index (χ2v) is 3.91. The van der Waals surface area contributed by atoms with Gasteiger partial charge in [-0.3, -0.25) is 0 Å². The summed E-state index contributed by atoms with van der Waals surface area (Å²) in [5.41, 5.74) is 1.24. The van der Waals surface area contributed by atoms with Gasteiger partial charge in [0.15, 0.2) is 0 Å². The van der Waals surface area contributed by atoms with Gasteiger partial charge < -0.3 is 0 Å². The highest BCUT2D eigenvalue weighted by atomic mass is 35.5. The van der Waals surface area contributed by atoms with Gasteiger partial charge in [0.1, 0.15) is 5.69 Å². The van der Waals surface area contributed by atoms with Gasteiger partial charge in [0.25, 0.3) is 0 Å². The predicted molar refractivity (Wildman–Crippen MR) is 74.3 cm³/mol. The van der Waals surface area contributed by atoms with Gasteiger partial charge in [0.05, 0.1) is 11.6 Å². The molecule has 8 heteroatoms. The zero-order valence-corrected chi connectivity index (χ0v) is 11.3. The minimum atomic E-state index is -0.678. The summed E-state index contributed by atoms with van der Waals surface area (Å²) < 4.78 is 13.5. The maximum absolute atomic E-state index is 13.5. The summed E-state index contributed by atoms with van der Waals surface area (Å²) in [5, 5.41) is 20.6. The number of nitriles is 1. The van der Waals surface area contributed by atoms with Crippen LogP contribution in [0.5, 0.6) is 0 Å². The zero-order valence-electron chi connectivity index (χ0n) is 10.5. The van der Waals surface area contributed by atoms with Crippen molar-refractivity contribution >= 4 is 12.4 Å². The fourth-order valence-electron chi connectivity index (χ4n) is 1.69. The van der Waals surface area contributed by atoms with Gasteiger partial charge >= 0.3 is 0 Å². The van der Waals surface area contributed by atoms with Crippen molar-refractivity contribution in [3.63, 3.8) is 0 Å². The van der Waals surface area contributed by atoms with Crippen LogP contribution in [-0.4, -0.2) is 25.2 Å². The van der Waals surface area contributed by atoms with E-state index in [1.807, 2.05) is 6.07 Å². The molecule has 6 nitrogen and oxygen atoms in total. The van der Waals surface area contributed by atoms with Crippen molar-refractivity contribution in [1.82, 2.24) is 25.2 Å². The molecule has 0 amide bonds. The fraction of sp³-hybridized carbons (Fsp3) is 0. The third-order valence-corrected chi connectivity index (χ3v) is 2.62. The monoisotopic (exact) mass is 302 g/mol. The van der Waals surface area contributed by atoms with Gasteiger partial charge in [-0.2, -0.15) is 9.65 Å². The Hall–Kier alpha value is -2.85. The van der Waals surface area contributed by atoms with E-state index >= 15 is 0 Å². The molecule has 0 aliphatic rings. The number of aromatic nitrogens is 5. The van der Waals surface area contributed by atoms with Crippen LogP contribution in [0.15, 0.2) is 42.6 Å². The third-order valence-electron chi connectivity index (χ3n) is 2.62. The van der Waals surface area contributed by atoms with E-state index in [0.717, 1.165) is 4.80 Å². The number of hydrogen-bond acceptors (Lipinski definition) is 5. The number of halogens is 2. The number of hydrogen-bond donors (Lipinski definition) is 0. The van der Waals surface area contributed by atoms with Crippen LogP contribution in [0.1, 0.15) is 5.56 Å². The molecule has 0 N–H and O–H groups in total. The van der Waals surface area contributed by atoms with Crippen LogP contribution in [0.2, 0.25) is 0 Å². The standard InChI is InChI=1S/C13H7FN6.ClH/c14-12-11(5-2-6-16-12)20-18-13(17-19-20)10-4-1-3-9(7-10)8-15;/h1-7H;1H. The van der Waals surface area contributed by atoms with E-state index in [4.69, 9.17) is 5.26 Å². The van der Waals surface area contributed by atoms with Crippen molar-refractivity contribution in [2.75, 3.05) is 0 Å². The second kappa shape index (κ2) is 6.07. The van der Waals surface area contributed by atoms with E-state index in [2.05, 4.69) is 20.4 Å². The van der Waals surface area contributed by atoms with Crippen molar-refractivity contribution in [2.45, 2.75) is 0 Å². The quantitative estimate of drug-likeness (QED) is 0.678. The van der Waals surface area contributed by atoms with E-state index in [1.54, 1.807) is 30.3 Å². The molecule has 1 aromatic carbocycles. The minimum absolute atomic E-state index is 0. The minimum Gasteiger partial charge on any atom is -0.226 e. The highest BCUT2D eigenvalue weighted by molar-refractivity contribution is 5.85. The second-order valence-electron chi connectivity index (χ2n) is 3.91. The molecular weight excluding hydrogens is 295 g/mol. The summed E-state index contributed by atoms with van der Waals surface area (Å²) in [5.74, 6) is -0.368.